The minimum atomic E-state index is 0.221. The van der Waals surface area contributed by atoms with Crippen LogP contribution in [0, 0.1) is 6.92 Å². The monoisotopic (exact) mass is 252 g/mol. The summed E-state index contributed by atoms with van der Waals surface area (Å²) < 4.78 is 0. The normalized spacial score (nSPS) is 20.7. The first-order valence-electron chi connectivity index (χ1n) is 5.54. The van der Waals surface area contributed by atoms with Crippen LogP contribution in [0.1, 0.15) is 11.1 Å². The summed E-state index contributed by atoms with van der Waals surface area (Å²) in [6.45, 7) is 2.07. The first-order chi connectivity index (χ1) is 7.77. The van der Waals surface area contributed by atoms with E-state index in [4.69, 9.17) is 0 Å². The maximum absolute atomic E-state index is 12.1. The Balaban J connectivity index is 1.99. The SMILES string of the molecule is Cc1ccccc1CC(=O)C1CSCCS1. The average molecular weight is 252 g/mol. The maximum Gasteiger partial charge on any atom is 0.151 e. The van der Waals surface area contributed by atoms with Gasteiger partial charge in [-0.15, -0.1) is 11.8 Å². The molecule has 2 rings (SSSR count). The van der Waals surface area contributed by atoms with Crippen molar-refractivity contribution in [1.82, 2.24) is 0 Å². The summed E-state index contributed by atoms with van der Waals surface area (Å²) in [4.78, 5) is 12.1. The van der Waals surface area contributed by atoms with Gasteiger partial charge in [0.15, 0.2) is 5.78 Å². The molecule has 16 heavy (non-hydrogen) atoms. The minimum absolute atomic E-state index is 0.221. The summed E-state index contributed by atoms with van der Waals surface area (Å²) in [5.74, 6) is 3.70. The average Bonchev–Trinajstić information content (AvgIpc) is 2.33. The van der Waals surface area contributed by atoms with Crippen LogP contribution in [0.4, 0.5) is 0 Å². The van der Waals surface area contributed by atoms with Crippen molar-refractivity contribution < 1.29 is 4.79 Å². The van der Waals surface area contributed by atoms with Crippen LogP contribution < -0.4 is 0 Å². The highest BCUT2D eigenvalue weighted by molar-refractivity contribution is 8.07. The second kappa shape index (κ2) is 5.78. The Kier molecular flexibility index (Phi) is 4.36. The zero-order valence-corrected chi connectivity index (χ0v) is 11.1. The van der Waals surface area contributed by atoms with E-state index in [1.807, 2.05) is 35.7 Å². The molecular weight excluding hydrogens is 236 g/mol. The van der Waals surface area contributed by atoms with Gasteiger partial charge in [0, 0.05) is 23.7 Å². The molecule has 1 saturated heterocycles. The molecule has 1 aromatic rings. The number of aryl methyl sites for hydroxylation is 1. The first-order valence-corrected chi connectivity index (χ1v) is 7.74. The van der Waals surface area contributed by atoms with E-state index in [0.29, 0.717) is 12.2 Å². The van der Waals surface area contributed by atoms with Gasteiger partial charge in [0.2, 0.25) is 0 Å². The number of ketones is 1. The van der Waals surface area contributed by atoms with Gasteiger partial charge in [-0.25, -0.2) is 0 Å². The quantitative estimate of drug-likeness (QED) is 0.823. The lowest BCUT2D eigenvalue weighted by Crippen LogP contribution is -2.25. The molecule has 0 amide bonds. The highest BCUT2D eigenvalue weighted by Crippen LogP contribution is 2.25. The lowest BCUT2D eigenvalue weighted by Gasteiger charge is -2.19. The van der Waals surface area contributed by atoms with Crippen LogP contribution in [0.2, 0.25) is 0 Å². The topological polar surface area (TPSA) is 17.1 Å². The summed E-state index contributed by atoms with van der Waals surface area (Å²) in [6, 6.07) is 8.17. The van der Waals surface area contributed by atoms with Crippen molar-refractivity contribution >= 4 is 29.3 Å². The van der Waals surface area contributed by atoms with Crippen molar-refractivity contribution in [2.45, 2.75) is 18.6 Å². The Morgan fingerprint density at radius 2 is 2.19 bits per heavy atom. The fraction of sp³-hybridized carbons (Fsp3) is 0.462. The molecule has 1 atom stereocenters. The second-order valence-corrected chi connectivity index (χ2v) is 6.46. The molecule has 1 aliphatic heterocycles. The van der Waals surface area contributed by atoms with Crippen molar-refractivity contribution in [2.75, 3.05) is 17.3 Å². The largest absolute Gasteiger partial charge is 0.298 e. The number of thioether (sulfide) groups is 2. The summed E-state index contributed by atoms with van der Waals surface area (Å²) >= 11 is 3.73. The molecule has 86 valence electrons. The Hall–Kier alpha value is -0.410. The Morgan fingerprint density at radius 1 is 1.38 bits per heavy atom. The van der Waals surface area contributed by atoms with Crippen molar-refractivity contribution in [3.8, 4) is 0 Å². The fourth-order valence-electron chi connectivity index (χ4n) is 1.78. The van der Waals surface area contributed by atoms with Crippen LogP contribution in [0.3, 0.4) is 0 Å². The Labute approximate surface area is 105 Å². The molecule has 3 heteroatoms. The third kappa shape index (κ3) is 3.05. The van der Waals surface area contributed by atoms with Crippen LogP contribution in [-0.2, 0) is 11.2 Å². The molecule has 0 spiro atoms. The number of hydrogen-bond donors (Lipinski definition) is 0. The zero-order chi connectivity index (χ0) is 11.4. The van der Waals surface area contributed by atoms with E-state index in [1.54, 1.807) is 0 Å². The van der Waals surface area contributed by atoms with Gasteiger partial charge in [-0.05, 0) is 18.1 Å². The Bertz CT molecular complexity index is 370. The van der Waals surface area contributed by atoms with Crippen LogP contribution in [0.25, 0.3) is 0 Å². The molecule has 0 N–H and O–H groups in total. The first kappa shape index (κ1) is 12.1. The van der Waals surface area contributed by atoms with E-state index >= 15 is 0 Å². The molecule has 0 aromatic heterocycles. The standard InChI is InChI=1S/C13H16OS2/c1-10-4-2-3-5-11(10)8-12(14)13-9-15-6-7-16-13/h2-5,13H,6-9H2,1H3. The molecule has 1 nitrogen and oxygen atoms in total. The number of Topliss-reactive ketones (excluding diaryl/α,β-unsaturated/α-hetero) is 1. The van der Waals surface area contributed by atoms with Gasteiger partial charge in [0.05, 0.1) is 5.25 Å². The van der Waals surface area contributed by atoms with Crippen LogP contribution in [-0.4, -0.2) is 28.3 Å². The van der Waals surface area contributed by atoms with E-state index in [0.717, 1.165) is 11.5 Å². The molecule has 1 heterocycles. The van der Waals surface area contributed by atoms with Crippen LogP contribution >= 0.6 is 23.5 Å². The molecule has 0 radical (unpaired) electrons. The van der Waals surface area contributed by atoms with E-state index in [9.17, 15) is 4.79 Å². The summed E-state index contributed by atoms with van der Waals surface area (Å²) in [5.41, 5.74) is 2.41. The zero-order valence-electron chi connectivity index (χ0n) is 9.44. The summed E-state index contributed by atoms with van der Waals surface area (Å²) in [7, 11) is 0. The molecule has 1 aromatic carbocycles. The van der Waals surface area contributed by atoms with E-state index in [2.05, 4.69) is 19.1 Å². The van der Waals surface area contributed by atoms with E-state index < -0.39 is 0 Å². The van der Waals surface area contributed by atoms with Crippen molar-refractivity contribution in [1.29, 1.82) is 0 Å². The summed E-state index contributed by atoms with van der Waals surface area (Å²) in [5, 5.41) is 0.221. The van der Waals surface area contributed by atoms with Gasteiger partial charge >= 0.3 is 0 Å². The van der Waals surface area contributed by atoms with Crippen molar-refractivity contribution in [3.63, 3.8) is 0 Å². The minimum Gasteiger partial charge on any atom is -0.298 e. The molecule has 1 unspecified atom stereocenters. The van der Waals surface area contributed by atoms with Crippen molar-refractivity contribution in [2.24, 2.45) is 0 Å². The molecule has 1 aliphatic rings. The van der Waals surface area contributed by atoms with Gasteiger partial charge in [-0.2, -0.15) is 11.8 Å². The number of carbonyl (C=O) groups excluding carboxylic acids is 1. The number of carbonyl (C=O) groups is 1. The molecule has 0 saturated carbocycles. The predicted octanol–water partition coefficient (Wildman–Crippen LogP) is 2.96. The number of benzene rings is 1. The van der Waals surface area contributed by atoms with E-state index in [1.165, 1.54) is 16.9 Å². The van der Waals surface area contributed by atoms with Crippen molar-refractivity contribution in [3.05, 3.63) is 35.4 Å². The number of rotatable bonds is 3. The van der Waals surface area contributed by atoms with Gasteiger partial charge in [0.25, 0.3) is 0 Å². The molecular formula is C13H16OS2. The predicted molar refractivity (Wildman–Crippen MR) is 73.5 cm³/mol. The highest BCUT2D eigenvalue weighted by Gasteiger charge is 2.22. The second-order valence-electron chi connectivity index (χ2n) is 4.00. The smallest absolute Gasteiger partial charge is 0.151 e. The van der Waals surface area contributed by atoms with Gasteiger partial charge < -0.3 is 0 Å². The molecule has 0 aliphatic carbocycles. The van der Waals surface area contributed by atoms with Gasteiger partial charge in [-0.1, -0.05) is 24.3 Å². The lowest BCUT2D eigenvalue weighted by atomic mass is 10.0. The lowest BCUT2D eigenvalue weighted by molar-refractivity contribution is -0.117. The van der Waals surface area contributed by atoms with Crippen LogP contribution in [0.5, 0.6) is 0 Å². The molecule has 1 fully saturated rings. The molecule has 0 bridgehead atoms. The summed E-state index contributed by atoms with van der Waals surface area (Å²) in [6.07, 6.45) is 0.602. The van der Waals surface area contributed by atoms with E-state index in [-0.39, 0.29) is 5.25 Å². The fourth-order valence-corrected chi connectivity index (χ4v) is 4.43. The van der Waals surface area contributed by atoms with Gasteiger partial charge in [-0.3, -0.25) is 4.79 Å². The van der Waals surface area contributed by atoms with Gasteiger partial charge in [0.1, 0.15) is 0 Å². The highest BCUT2D eigenvalue weighted by atomic mass is 32.2. The van der Waals surface area contributed by atoms with Crippen LogP contribution in [0.15, 0.2) is 24.3 Å². The number of hydrogen-bond acceptors (Lipinski definition) is 3. The third-order valence-electron chi connectivity index (χ3n) is 2.80. The Morgan fingerprint density at radius 3 is 2.88 bits per heavy atom. The maximum atomic E-state index is 12.1. The third-order valence-corrected chi connectivity index (χ3v) is 5.60.